The average molecular weight is 325 g/mol. The molecule has 1 heterocycles. The molecule has 1 aromatic heterocycles. The summed E-state index contributed by atoms with van der Waals surface area (Å²) in [5, 5.41) is 4.67. The molecule has 3 nitrogen and oxygen atoms in total. The van der Waals surface area contributed by atoms with E-state index < -0.39 is 0 Å². The van der Waals surface area contributed by atoms with Gasteiger partial charge in [0.15, 0.2) is 0 Å². The van der Waals surface area contributed by atoms with Gasteiger partial charge in [-0.25, -0.2) is 0 Å². The average Bonchev–Trinajstić information content (AvgIpc) is 2.47. The number of pyridine rings is 1. The first-order valence-corrected chi connectivity index (χ1v) is 7.61. The third-order valence-electron chi connectivity index (χ3n) is 3.19. The van der Waals surface area contributed by atoms with Crippen LogP contribution in [0.2, 0.25) is 10.0 Å². The molecule has 0 radical (unpaired) electrons. The normalized spacial score (nSPS) is 12.2. The molecular weight excluding hydrogens is 307 g/mol. The zero-order valence-corrected chi connectivity index (χ0v) is 13.6. The van der Waals surface area contributed by atoms with Crippen LogP contribution in [0.4, 0.5) is 0 Å². The molecule has 1 atom stereocenters. The summed E-state index contributed by atoms with van der Waals surface area (Å²) in [5.41, 5.74) is 1.94. The highest BCUT2D eigenvalue weighted by atomic mass is 35.5. The summed E-state index contributed by atoms with van der Waals surface area (Å²) in [6, 6.07) is 7.66. The molecule has 1 aromatic carbocycles. The topological polar surface area (TPSA) is 34.1 Å². The van der Waals surface area contributed by atoms with Crippen LogP contribution in [0.15, 0.2) is 36.7 Å². The fourth-order valence-electron chi connectivity index (χ4n) is 2.08. The molecule has 112 valence electrons. The number of benzene rings is 1. The first-order chi connectivity index (χ1) is 10.1. The maximum Gasteiger partial charge on any atom is 0.124 e. The van der Waals surface area contributed by atoms with Gasteiger partial charge in [0, 0.05) is 34.6 Å². The summed E-state index contributed by atoms with van der Waals surface area (Å²) < 4.78 is 5.92. The zero-order chi connectivity index (χ0) is 15.2. The lowest BCUT2D eigenvalue weighted by Crippen LogP contribution is -2.18. The maximum absolute atomic E-state index is 6.09. The quantitative estimate of drug-likeness (QED) is 0.840. The number of nitrogens with one attached hydrogen (secondary N) is 1. The van der Waals surface area contributed by atoms with Crippen molar-refractivity contribution in [2.75, 3.05) is 6.54 Å². The van der Waals surface area contributed by atoms with Crippen molar-refractivity contribution in [3.8, 4) is 5.75 Å². The first-order valence-electron chi connectivity index (χ1n) is 6.85. The second kappa shape index (κ2) is 7.64. The molecule has 0 aliphatic carbocycles. The Morgan fingerprint density at radius 1 is 1.29 bits per heavy atom. The number of aromatic nitrogens is 1. The van der Waals surface area contributed by atoms with Crippen LogP contribution >= 0.6 is 23.2 Å². The molecule has 0 aliphatic rings. The summed E-state index contributed by atoms with van der Waals surface area (Å²) in [6.45, 7) is 5.43. The molecule has 0 saturated heterocycles. The molecule has 1 N–H and O–H groups in total. The van der Waals surface area contributed by atoms with Crippen LogP contribution in [-0.2, 0) is 6.61 Å². The highest BCUT2D eigenvalue weighted by molar-refractivity contribution is 6.31. The van der Waals surface area contributed by atoms with Gasteiger partial charge < -0.3 is 10.1 Å². The summed E-state index contributed by atoms with van der Waals surface area (Å²) in [7, 11) is 0. The van der Waals surface area contributed by atoms with Crippen molar-refractivity contribution in [1.29, 1.82) is 0 Å². The Morgan fingerprint density at radius 3 is 2.81 bits per heavy atom. The van der Waals surface area contributed by atoms with Crippen molar-refractivity contribution in [2.24, 2.45) is 0 Å². The molecule has 0 amide bonds. The summed E-state index contributed by atoms with van der Waals surface area (Å²) >= 11 is 12.2. The van der Waals surface area contributed by atoms with Crippen molar-refractivity contribution in [3.05, 3.63) is 57.8 Å². The van der Waals surface area contributed by atoms with E-state index in [0.717, 1.165) is 23.4 Å². The number of halogens is 2. The van der Waals surface area contributed by atoms with Crippen LogP contribution in [0.5, 0.6) is 5.75 Å². The second-order valence-corrected chi connectivity index (χ2v) is 5.56. The van der Waals surface area contributed by atoms with Gasteiger partial charge in [0.2, 0.25) is 0 Å². The lowest BCUT2D eigenvalue weighted by Gasteiger charge is -2.18. The maximum atomic E-state index is 6.09. The molecule has 21 heavy (non-hydrogen) atoms. The molecule has 1 unspecified atom stereocenters. The Bertz CT molecular complexity index is 605. The van der Waals surface area contributed by atoms with Gasteiger partial charge >= 0.3 is 0 Å². The van der Waals surface area contributed by atoms with Crippen LogP contribution in [0.3, 0.4) is 0 Å². The van der Waals surface area contributed by atoms with Crippen molar-refractivity contribution in [2.45, 2.75) is 26.5 Å². The van der Waals surface area contributed by atoms with E-state index in [9.17, 15) is 0 Å². The predicted octanol–water partition coefficient (Wildman–Crippen LogP) is 4.64. The van der Waals surface area contributed by atoms with Crippen LogP contribution in [0.25, 0.3) is 0 Å². The van der Waals surface area contributed by atoms with Gasteiger partial charge in [0.05, 0.1) is 5.02 Å². The van der Waals surface area contributed by atoms with Crippen LogP contribution in [0, 0.1) is 0 Å². The van der Waals surface area contributed by atoms with Gasteiger partial charge in [0.25, 0.3) is 0 Å². The Labute approximate surface area is 135 Å². The zero-order valence-electron chi connectivity index (χ0n) is 12.1. The standard InChI is InChI=1S/C16H18Cl2N2O/c1-3-20-11(2)14-8-13(17)4-5-16(14)21-10-12-6-7-19-9-15(12)18/h4-9,11,20H,3,10H2,1-2H3. The molecule has 0 aliphatic heterocycles. The highest BCUT2D eigenvalue weighted by Crippen LogP contribution is 2.29. The van der Waals surface area contributed by atoms with Gasteiger partial charge in [0.1, 0.15) is 12.4 Å². The van der Waals surface area contributed by atoms with E-state index in [2.05, 4.69) is 24.1 Å². The number of hydrogen-bond donors (Lipinski definition) is 1. The summed E-state index contributed by atoms with van der Waals surface area (Å²) in [6.07, 6.45) is 3.32. The van der Waals surface area contributed by atoms with Crippen LogP contribution < -0.4 is 10.1 Å². The van der Waals surface area contributed by atoms with Gasteiger partial charge in [-0.15, -0.1) is 0 Å². The molecule has 2 aromatic rings. The lowest BCUT2D eigenvalue weighted by molar-refractivity contribution is 0.300. The number of nitrogens with zero attached hydrogens (tertiary/aromatic N) is 1. The second-order valence-electron chi connectivity index (χ2n) is 4.72. The Hall–Kier alpha value is -1.29. The van der Waals surface area contributed by atoms with Gasteiger partial charge in [-0.05, 0) is 37.7 Å². The molecule has 0 spiro atoms. The van der Waals surface area contributed by atoms with E-state index in [1.165, 1.54) is 0 Å². The number of hydrogen-bond acceptors (Lipinski definition) is 3. The molecular formula is C16H18Cl2N2O. The van der Waals surface area contributed by atoms with E-state index in [1.54, 1.807) is 12.4 Å². The highest BCUT2D eigenvalue weighted by Gasteiger charge is 2.12. The predicted molar refractivity (Wildman–Crippen MR) is 87.1 cm³/mol. The summed E-state index contributed by atoms with van der Waals surface area (Å²) in [5.74, 6) is 0.806. The van der Waals surface area contributed by atoms with Crippen molar-refractivity contribution < 1.29 is 4.74 Å². The fraction of sp³-hybridized carbons (Fsp3) is 0.312. The SMILES string of the molecule is CCNC(C)c1cc(Cl)ccc1OCc1ccncc1Cl. The third-order valence-corrected chi connectivity index (χ3v) is 3.76. The number of ether oxygens (including phenoxy) is 1. The third kappa shape index (κ3) is 4.34. The van der Waals surface area contributed by atoms with Gasteiger partial charge in [-0.1, -0.05) is 30.1 Å². The minimum Gasteiger partial charge on any atom is -0.489 e. The monoisotopic (exact) mass is 324 g/mol. The Kier molecular flexibility index (Phi) is 5.85. The number of rotatable bonds is 6. The molecule has 0 bridgehead atoms. The summed E-state index contributed by atoms with van der Waals surface area (Å²) in [4.78, 5) is 3.97. The first kappa shape index (κ1) is 16.1. The van der Waals surface area contributed by atoms with E-state index in [4.69, 9.17) is 27.9 Å². The molecule has 5 heteroatoms. The van der Waals surface area contributed by atoms with Crippen molar-refractivity contribution in [1.82, 2.24) is 10.3 Å². The Morgan fingerprint density at radius 2 is 2.10 bits per heavy atom. The van der Waals surface area contributed by atoms with E-state index in [-0.39, 0.29) is 6.04 Å². The molecule has 0 saturated carbocycles. The van der Waals surface area contributed by atoms with Crippen molar-refractivity contribution in [3.63, 3.8) is 0 Å². The fourth-order valence-corrected chi connectivity index (χ4v) is 2.44. The van der Waals surface area contributed by atoms with Gasteiger partial charge in [-0.2, -0.15) is 0 Å². The van der Waals surface area contributed by atoms with Crippen molar-refractivity contribution >= 4 is 23.2 Å². The van der Waals surface area contributed by atoms with E-state index >= 15 is 0 Å². The van der Waals surface area contributed by atoms with E-state index in [1.807, 2.05) is 24.3 Å². The smallest absolute Gasteiger partial charge is 0.124 e. The van der Waals surface area contributed by atoms with E-state index in [0.29, 0.717) is 16.7 Å². The van der Waals surface area contributed by atoms with Crippen LogP contribution in [0.1, 0.15) is 31.0 Å². The minimum absolute atomic E-state index is 0.164. The molecule has 0 fully saturated rings. The van der Waals surface area contributed by atoms with Crippen LogP contribution in [-0.4, -0.2) is 11.5 Å². The van der Waals surface area contributed by atoms with Gasteiger partial charge in [-0.3, -0.25) is 4.98 Å². The largest absolute Gasteiger partial charge is 0.489 e. The molecule has 2 rings (SSSR count). The lowest BCUT2D eigenvalue weighted by atomic mass is 10.1. The minimum atomic E-state index is 0.164. The Balaban J connectivity index is 2.18.